The molecule has 1 amide bonds. The van der Waals surface area contributed by atoms with E-state index in [-0.39, 0.29) is 11.8 Å². The standard InChI is InChI=1S/C18H28N2O3S/c1-5-19(6-2)18(21)16-9-11-20(12-10-16)24(22,23)17-8-7-14(3)15(4)13-17/h7-8,13,16H,5-6,9-12H2,1-4H3. The van der Waals surface area contributed by atoms with E-state index in [1.165, 1.54) is 4.31 Å². The zero-order valence-electron chi connectivity index (χ0n) is 15.1. The van der Waals surface area contributed by atoms with Crippen LogP contribution in [-0.4, -0.2) is 49.7 Å². The van der Waals surface area contributed by atoms with Crippen LogP contribution in [0.3, 0.4) is 0 Å². The number of sulfonamides is 1. The molecule has 0 aliphatic carbocycles. The summed E-state index contributed by atoms with van der Waals surface area (Å²) in [5.41, 5.74) is 2.06. The monoisotopic (exact) mass is 352 g/mol. The topological polar surface area (TPSA) is 57.7 Å². The van der Waals surface area contributed by atoms with Gasteiger partial charge in [-0.3, -0.25) is 4.79 Å². The van der Waals surface area contributed by atoms with Crippen LogP contribution in [0.5, 0.6) is 0 Å². The summed E-state index contributed by atoms with van der Waals surface area (Å²) in [6.45, 7) is 10.1. The fourth-order valence-electron chi connectivity index (χ4n) is 3.16. The number of hydrogen-bond acceptors (Lipinski definition) is 3. The van der Waals surface area contributed by atoms with Gasteiger partial charge < -0.3 is 4.90 Å². The second kappa shape index (κ2) is 7.66. The highest BCUT2D eigenvalue weighted by atomic mass is 32.2. The first-order valence-electron chi connectivity index (χ1n) is 8.67. The average Bonchev–Trinajstić information content (AvgIpc) is 2.58. The van der Waals surface area contributed by atoms with Crippen LogP contribution in [0.4, 0.5) is 0 Å². The van der Waals surface area contributed by atoms with E-state index in [0.717, 1.165) is 11.1 Å². The van der Waals surface area contributed by atoms with Gasteiger partial charge >= 0.3 is 0 Å². The number of rotatable bonds is 5. The van der Waals surface area contributed by atoms with Crippen molar-refractivity contribution < 1.29 is 13.2 Å². The Balaban J connectivity index is 2.08. The fourth-order valence-corrected chi connectivity index (χ4v) is 4.72. The van der Waals surface area contributed by atoms with Crippen molar-refractivity contribution in [2.75, 3.05) is 26.2 Å². The maximum absolute atomic E-state index is 12.8. The number of benzene rings is 1. The van der Waals surface area contributed by atoms with E-state index in [0.29, 0.717) is 43.9 Å². The molecule has 0 aromatic heterocycles. The molecule has 0 saturated carbocycles. The zero-order chi connectivity index (χ0) is 17.9. The molecule has 1 saturated heterocycles. The van der Waals surface area contributed by atoms with Crippen molar-refractivity contribution >= 4 is 15.9 Å². The second-order valence-corrected chi connectivity index (χ2v) is 8.37. The van der Waals surface area contributed by atoms with Crippen molar-refractivity contribution in [1.82, 2.24) is 9.21 Å². The van der Waals surface area contributed by atoms with Crippen LogP contribution in [0, 0.1) is 19.8 Å². The van der Waals surface area contributed by atoms with Gasteiger partial charge in [-0.25, -0.2) is 8.42 Å². The first kappa shape index (κ1) is 18.9. The minimum atomic E-state index is -3.47. The minimum absolute atomic E-state index is 0.0592. The number of hydrogen-bond donors (Lipinski definition) is 0. The highest BCUT2D eigenvalue weighted by Crippen LogP contribution is 2.26. The van der Waals surface area contributed by atoms with Crippen LogP contribution in [-0.2, 0) is 14.8 Å². The first-order chi connectivity index (χ1) is 11.3. The van der Waals surface area contributed by atoms with Gasteiger partial charge in [0.2, 0.25) is 15.9 Å². The number of carbonyl (C=O) groups excluding carboxylic acids is 1. The summed E-state index contributed by atoms with van der Waals surface area (Å²) in [5.74, 6) is 0.0966. The molecule has 134 valence electrons. The van der Waals surface area contributed by atoms with Gasteiger partial charge in [0.25, 0.3) is 0 Å². The van der Waals surface area contributed by atoms with E-state index in [1.807, 2.05) is 38.7 Å². The quantitative estimate of drug-likeness (QED) is 0.818. The van der Waals surface area contributed by atoms with E-state index >= 15 is 0 Å². The lowest BCUT2D eigenvalue weighted by Gasteiger charge is -2.33. The molecule has 1 aromatic rings. The molecule has 0 unspecified atom stereocenters. The van der Waals surface area contributed by atoms with E-state index in [4.69, 9.17) is 0 Å². The highest BCUT2D eigenvalue weighted by Gasteiger charge is 2.33. The summed E-state index contributed by atoms with van der Waals surface area (Å²) in [6, 6.07) is 5.25. The summed E-state index contributed by atoms with van der Waals surface area (Å²) in [7, 11) is -3.47. The van der Waals surface area contributed by atoms with Crippen molar-refractivity contribution in [3.63, 3.8) is 0 Å². The largest absolute Gasteiger partial charge is 0.343 e. The second-order valence-electron chi connectivity index (χ2n) is 6.43. The lowest BCUT2D eigenvalue weighted by Crippen LogP contribution is -2.44. The third-order valence-corrected chi connectivity index (χ3v) is 6.89. The van der Waals surface area contributed by atoms with Crippen LogP contribution >= 0.6 is 0 Å². The third-order valence-electron chi connectivity index (χ3n) is 4.99. The average molecular weight is 353 g/mol. The van der Waals surface area contributed by atoms with E-state index < -0.39 is 10.0 Å². The molecule has 5 nitrogen and oxygen atoms in total. The maximum Gasteiger partial charge on any atom is 0.243 e. The molecule has 0 radical (unpaired) electrons. The smallest absolute Gasteiger partial charge is 0.243 e. The lowest BCUT2D eigenvalue weighted by molar-refractivity contribution is -0.136. The van der Waals surface area contributed by atoms with Gasteiger partial charge in [-0.15, -0.1) is 0 Å². The van der Waals surface area contributed by atoms with Crippen molar-refractivity contribution in [3.8, 4) is 0 Å². The lowest BCUT2D eigenvalue weighted by atomic mass is 9.96. The van der Waals surface area contributed by atoms with Gasteiger partial charge in [-0.2, -0.15) is 4.31 Å². The number of aryl methyl sites for hydroxylation is 2. The summed E-state index contributed by atoms with van der Waals surface area (Å²) in [5, 5.41) is 0. The maximum atomic E-state index is 12.8. The van der Waals surface area contributed by atoms with Gasteiger partial charge in [0.1, 0.15) is 0 Å². The molecule has 0 spiro atoms. The molecule has 0 bridgehead atoms. The molecule has 0 atom stereocenters. The SMILES string of the molecule is CCN(CC)C(=O)C1CCN(S(=O)(=O)c2ccc(C)c(C)c2)CC1. The highest BCUT2D eigenvalue weighted by molar-refractivity contribution is 7.89. The molecule has 1 aromatic carbocycles. The summed E-state index contributed by atoms with van der Waals surface area (Å²) in [4.78, 5) is 14.6. The normalized spacial score (nSPS) is 17.0. The Kier molecular flexibility index (Phi) is 6.04. The van der Waals surface area contributed by atoms with Crippen LogP contribution < -0.4 is 0 Å². The third kappa shape index (κ3) is 3.81. The van der Waals surface area contributed by atoms with Crippen molar-refractivity contribution in [3.05, 3.63) is 29.3 Å². The molecule has 24 heavy (non-hydrogen) atoms. The number of amides is 1. The Labute approximate surface area is 145 Å². The van der Waals surface area contributed by atoms with Gasteiger partial charge in [0.15, 0.2) is 0 Å². The van der Waals surface area contributed by atoms with E-state index in [2.05, 4.69) is 0 Å². The Hall–Kier alpha value is -1.40. The molecule has 1 heterocycles. The van der Waals surface area contributed by atoms with Crippen molar-refractivity contribution in [2.45, 2.75) is 45.4 Å². The Bertz CT molecular complexity index is 688. The summed E-state index contributed by atoms with van der Waals surface area (Å²) >= 11 is 0. The van der Waals surface area contributed by atoms with E-state index in [1.54, 1.807) is 12.1 Å². The van der Waals surface area contributed by atoms with Crippen LogP contribution in [0.15, 0.2) is 23.1 Å². The van der Waals surface area contributed by atoms with Gasteiger partial charge in [-0.1, -0.05) is 6.07 Å². The fraction of sp³-hybridized carbons (Fsp3) is 0.611. The molecule has 1 fully saturated rings. The Morgan fingerprint density at radius 1 is 1.12 bits per heavy atom. The van der Waals surface area contributed by atoms with E-state index in [9.17, 15) is 13.2 Å². The molecular weight excluding hydrogens is 324 g/mol. The molecule has 1 aliphatic heterocycles. The number of nitrogens with zero attached hydrogens (tertiary/aromatic N) is 2. The molecule has 6 heteroatoms. The zero-order valence-corrected chi connectivity index (χ0v) is 15.9. The van der Waals surface area contributed by atoms with Gasteiger partial charge in [0, 0.05) is 32.1 Å². The summed E-state index contributed by atoms with van der Waals surface area (Å²) < 4.78 is 27.1. The van der Waals surface area contributed by atoms with Gasteiger partial charge in [-0.05, 0) is 63.8 Å². The van der Waals surface area contributed by atoms with Crippen LogP contribution in [0.25, 0.3) is 0 Å². The Morgan fingerprint density at radius 2 is 1.71 bits per heavy atom. The summed E-state index contributed by atoms with van der Waals surface area (Å²) in [6.07, 6.45) is 1.19. The number of carbonyl (C=O) groups is 1. The van der Waals surface area contributed by atoms with Crippen LogP contribution in [0.1, 0.15) is 37.8 Å². The predicted octanol–water partition coefficient (Wildman–Crippen LogP) is 2.57. The van der Waals surface area contributed by atoms with Crippen LogP contribution in [0.2, 0.25) is 0 Å². The number of piperidine rings is 1. The van der Waals surface area contributed by atoms with Crippen molar-refractivity contribution in [2.24, 2.45) is 5.92 Å². The molecule has 1 aliphatic rings. The molecule has 2 rings (SSSR count). The van der Waals surface area contributed by atoms with Gasteiger partial charge in [0.05, 0.1) is 4.90 Å². The minimum Gasteiger partial charge on any atom is -0.343 e. The first-order valence-corrected chi connectivity index (χ1v) is 10.1. The predicted molar refractivity (Wildman–Crippen MR) is 95.3 cm³/mol. The molecular formula is C18H28N2O3S. The molecule has 0 N–H and O–H groups in total. The Morgan fingerprint density at radius 3 is 2.21 bits per heavy atom. The van der Waals surface area contributed by atoms with Crippen molar-refractivity contribution in [1.29, 1.82) is 0 Å².